The van der Waals surface area contributed by atoms with Gasteiger partial charge in [-0.05, 0) is 13.8 Å². The molecule has 19 heavy (non-hydrogen) atoms. The number of ether oxygens (including phenoxy) is 1. The van der Waals surface area contributed by atoms with Crippen LogP contribution in [0.3, 0.4) is 0 Å². The number of carbonyl (C=O) groups is 1. The van der Waals surface area contributed by atoms with E-state index >= 15 is 0 Å². The van der Waals surface area contributed by atoms with Crippen molar-refractivity contribution in [1.29, 1.82) is 0 Å². The minimum Gasteiger partial charge on any atom is -0.466 e. The second-order valence-corrected chi connectivity index (χ2v) is 5.69. The molecule has 1 aromatic rings. The molecule has 7 heteroatoms. The molecule has 0 bridgehead atoms. The van der Waals surface area contributed by atoms with Crippen molar-refractivity contribution in [3.8, 4) is 0 Å². The van der Waals surface area contributed by atoms with Crippen LogP contribution >= 0.6 is 11.3 Å². The Bertz CT molecular complexity index is 480. The van der Waals surface area contributed by atoms with E-state index in [1.54, 1.807) is 13.8 Å². The van der Waals surface area contributed by atoms with Crippen LogP contribution in [-0.4, -0.2) is 29.4 Å². The van der Waals surface area contributed by atoms with Gasteiger partial charge < -0.3 is 15.3 Å². The highest BCUT2D eigenvalue weighted by Gasteiger charge is 2.32. The van der Waals surface area contributed by atoms with Crippen molar-refractivity contribution in [3.63, 3.8) is 0 Å². The van der Waals surface area contributed by atoms with Crippen LogP contribution in [0.4, 0.5) is 5.13 Å². The molecule has 0 saturated carbocycles. The minimum atomic E-state index is -1.14. The fourth-order valence-electron chi connectivity index (χ4n) is 1.30. The summed E-state index contributed by atoms with van der Waals surface area (Å²) in [7, 11) is 1.31. The fraction of sp³-hybridized carbons (Fsp3) is 0.583. The Kier molecular flexibility index (Phi) is 4.88. The summed E-state index contributed by atoms with van der Waals surface area (Å²) in [5, 5.41) is 6.33. The number of hydrogen-bond acceptors (Lipinski definition) is 7. The zero-order chi connectivity index (χ0) is 14.6. The van der Waals surface area contributed by atoms with Crippen LogP contribution in [0.2, 0.25) is 0 Å². The minimum absolute atomic E-state index is 0.0925. The van der Waals surface area contributed by atoms with E-state index in [0.29, 0.717) is 16.5 Å². The van der Waals surface area contributed by atoms with Crippen LogP contribution in [0.15, 0.2) is 10.5 Å². The molecule has 0 unspecified atom stereocenters. The smallest absolute Gasteiger partial charge is 0.352 e. The third-order valence-electron chi connectivity index (χ3n) is 2.38. The van der Waals surface area contributed by atoms with E-state index in [4.69, 9.17) is 10.6 Å². The molecule has 6 nitrogen and oxygen atoms in total. The number of carbonyl (C=O) groups excluding carboxylic acids is 1. The second kappa shape index (κ2) is 6.01. The Hall–Kier alpha value is -1.63. The summed E-state index contributed by atoms with van der Waals surface area (Å²) in [5.41, 5.74) is 5.77. The first kappa shape index (κ1) is 15.4. The van der Waals surface area contributed by atoms with Crippen molar-refractivity contribution >= 4 is 28.1 Å². The molecule has 1 aromatic heterocycles. The van der Waals surface area contributed by atoms with Crippen LogP contribution in [0.25, 0.3) is 0 Å². The zero-order valence-corrected chi connectivity index (χ0v) is 12.6. The van der Waals surface area contributed by atoms with E-state index in [9.17, 15) is 4.79 Å². The summed E-state index contributed by atoms with van der Waals surface area (Å²) in [6.45, 7) is 7.11. The van der Waals surface area contributed by atoms with Crippen LogP contribution in [-0.2, 0) is 14.4 Å². The van der Waals surface area contributed by atoms with E-state index in [2.05, 4.69) is 14.9 Å². The molecule has 0 aliphatic carbocycles. The highest BCUT2D eigenvalue weighted by Crippen LogP contribution is 2.18. The van der Waals surface area contributed by atoms with Gasteiger partial charge in [-0.3, -0.25) is 0 Å². The largest absolute Gasteiger partial charge is 0.466 e. The van der Waals surface area contributed by atoms with Gasteiger partial charge in [-0.15, -0.1) is 11.3 Å². The topological polar surface area (TPSA) is 86.8 Å². The van der Waals surface area contributed by atoms with Crippen molar-refractivity contribution < 1.29 is 14.4 Å². The summed E-state index contributed by atoms with van der Waals surface area (Å²) >= 11 is 1.33. The Morgan fingerprint density at radius 3 is 2.58 bits per heavy atom. The fourth-order valence-corrected chi connectivity index (χ4v) is 1.86. The maximum Gasteiger partial charge on any atom is 0.352 e. The molecule has 0 amide bonds. The van der Waals surface area contributed by atoms with E-state index in [1.807, 2.05) is 19.2 Å². The number of nitrogens with zero attached hydrogens (tertiary/aromatic N) is 2. The molecule has 0 aliphatic rings. The van der Waals surface area contributed by atoms with Crippen LogP contribution < -0.4 is 5.73 Å². The first-order valence-corrected chi connectivity index (χ1v) is 6.71. The Balaban J connectivity index is 2.95. The van der Waals surface area contributed by atoms with Gasteiger partial charge in [0.15, 0.2) is 5.13 Å². The molecule has 0 spiro atoms. The summed E-state index contributed by atoms with van der Waals surface area (Å²) in [5.74, 6) is -0.396. The van der Waals surface area contributed by atoms with Crippen molar-refractivity contribution in [2.24, 2.45) is 11.1 Å². The van der Waals surface area contributed by atoms with Crippen molar-refractivity contribution in [1.82, 2.24) is 4.98 Å². The number of rotatable bonds is 5. The number of oxime groups is 1. The van der Waals surface area contributed by atoms with Crippen LogP contribution in [0.1, 0.15) is 33.4 Å². The van der Waals surface area contributed by atoms with Crippen LogP contribution in [0, 0.1) is 5.92 Å². The lowest BCUT2D eigenvalue weighted by Crippen LogP contribution is -2.35. The molecule has 0 aromatic carbocycles. The van der Waals surface area contributed by atoms with E-state index in [1.165, 1.54) is 18.4 Å². The van der Waals surface area contributed by atoms with Gasteiger partial charge >= 0.3 is 5.97 Å². The average molecular weight is 285 g/mol. The molecule has 1 heterocycles. The number of esters is 1. The van der Waals surface area contributed by atoms with Crippen molar-refractivity contribution in [2.45, 2.75) is 33.3 Å². The summed E-state index contributed by atoms with van der Waals surface area (Å²) in [4.78, 5) is 21.0. The quantitative estimate of drug-likeness (QED) is 0.508. The lowest BCUT2D eigenvalue weighted by atomic mass is 10.1. The number of methoxy groups -OCH3 is 1. The van der Waals surface area contributed by atoms with Gasteiger partial charge in [0, 0.05) is 11.3 Å². The molecule has 0 aliphatic heterocycles. The first-order valence-electron chi connectivity index (χ1n) is 5.83. The molecule has 2 N–H and O–H groups in total. The average Bonchev–Trinajstić information content (AvgIpc) is 2.74. The van der Waals surface area contributed by atoms with E-state index in [0.717, 1.165) is 0 Å². The first-order chi connectivity index (χ1) is 8.77. The normalized spacial score (nSPS) is 12.6. The maximum atomic E-state index is 11.5. The summed E-state index contributed by atoms with van der Waals surface area (Å²) < 4.78 is 4.65. The number of anilines is 1. The van der Waals surface area contributed by atoms with Crippen LogP contribution in [0.5, 0.6) is 0 Å². The molecule has 0 fully saturated rings. The second-order valence-electron chi connectivity index (χ2n) is 4.80. The number of nitrogens with two attached hydrogens (primary N) is 1. The van der Waals surface area contributed by atoms with Gasteiger partial charge in [-0.1, -0.05) is 19.0 Å². The molecular weight excluding hydrogens is 266 g/mol. The Morgan fingerprint density at radius 2 is 2.16 bits per heavy atom. The lowest BCUT2D eigenvalue weighted by Gasteiger charge is -2.20. The molecule has 0 saturated heterocycles. The van der Waals surface area contributed by atoms with Gasteiger partial charge in [-0.25, -0.2) is 9.78 Å². The monoisotopic (exact) mass is 285 g/mol. The van der Waals surface area contributed by atoms with Gasteiger partial charge in [0.25, 0.3) is 0 Å². The maximum absolute atomic E-state index is 11.5. The van der Waals surface area contributed by atoms with Crippen molar-refractivity contribution in [2.75, 3.05) is 12.8 Å². The highest BCUT2D eigenvalue weighted by atomic mass is 32.1. The predicted octanol–water partition coefficient (Wildman–Crippen LogP) is 2.05. The lowest BCUT2D eigenvalue weighted by molar-refractivity contribution is -0.165. The third-order valence-corrected chi connectivity index (χ3v) is 3.05. The third kappa shape index (κ3) is 3.92. The van der Waals surface area contributed by atoms with E-state index in [-0.39, 0.29) is 5.92 Å². The molecule has 0 atom stereocenters. The Morgan fingerprint density at radius 1 is 1.53 bits per heavy atom. The number of thiazole rings is 1. The molecule has 106 valence electrons. The molecular formula is C12H19N3O3S. The number of aromatic nitrogens is 1. The summed E-state index contributed by atoms with van der Waals surface area (Å²) in [6, 6.07) is 0. The van der Waals surface area contributed by atoms with Gasteiger partial charge in [0.1, 0.15) is 11.4 Å². The zero-order valence-electron chi connectivity index (χ0n) is 11.8. The predicted molar refractivity (Wildman–Crippen MR) is 75.1 cm³/mol. The molecule has 0 radical (unpaired) electrons. The van der Waals surface area contributed by atoms with Crippen molar-refractivity contribution in [3.05, 3.63) is 11.1 Å². The SMILES string of the molecule is COC(=O)C(C)(C)O/N=C(\c1csc(N)n1)C(C)C. The van der Waals surface area contributed by atoms with Gasteiger partial charge in [-0.2, -0.15) is 0 Å². The summed E-state index contributed by atoms with van der Waals surface area (Å²) in [6.07, 6.45) is 0. The van der Waals surface area contributed by atoms with Gasteiger partial charge in [0.2, 0.25) is 5.60 Å². The highest BCUT2D eigenvalue weighted by molar-refractivity contribution is 7.13. The van der Waals surface area contributed by atoms with Gasteiger partial charge in [0.05, 0.1) is 7.11 Å². The number of hydrogen-bond donors (Lipinski definition) is 1. The molecule has 1 rings (SSSR count). The number of nitrogen functional groups attached to an aromatic ring is 1. The Labute approximate surface area is 116 Å². The van der Waals surface area contributed by atoms with E-state index < -0.39 is 11.6 Å². The standard InChI is InChI=1S/C12H19N3O3S/c1-7(2)9(8-6-19-11(13)14-8)15-18-12(3,4)10(16)17-5/h6-7H,1-5H3,(H2,13,14)/b15-9-.